The molecular weight excluding hydrogens is 235 g/mol. The van der Waals surface area contributed by atoms with E-state index < -0.39 is 18.6 Å². The number of hydrogen-bond acceptors (Lipinski definition) is 2. The Hall–Kier alpha value is 0.100. The molecule has 0 heterocycles. The van der Waals surface area contributed by atoms with E-state index in [9.17, 15) is 13.2 Å². The van der Waals surface area contributed by atoms with Crippen molar-refractivity contribution in [2.24, 2.45) is 0 Å². The molecule has 0 rings (SSSR count). The minimum atomic E-state index is -4.08. The van der Waals surface area contributed by atoms with Gasteiger partial charge in [0.25, 0.3) is 0 Å². The molecule has 0 spiro atoms. The maximum absolute atomic E-state index is 12.1. The third-order valence-corrected chi connectivity index (χ3v) is 4.62. The predicted molar refractivity (Wildman–Crippen MR) is 65.0 cm³/mol. The van der Waals surface area contributed by atoms with Gasteiger partial charge in [0.1, 0.15) is 0 Å². The van der Waals surface area contributed by atoms with Gasteiger partial charge in [-0.05, 0) is 26.0 Å². The van der Waals surface area contributed by atoms with Gasteiger partial charge < -0.3 is 5.32 Å². The quantitative estimate of drug-likeness (QED) is 0.743. The van der Waals surface area contributed by atoms with Gasteiger partial charge in [-0.3, -0.25) is 0 Å². The molecule has 0 aliphatic carbocycles. The Morgan fingerprint density at radius 2 is 1.69 bits per heavy atom. The highest BCUT2D eigenvalue weighted by molar-refractivity contribution is 8.00. The number of thioether (sulfide) groups is 1. The van der Waals surface area contributed by atoms with Crippen molar-refractivity contribution < 1.29 is 13.2 Å². The summed E-state index contributed by atoms with van der Waals surface area (Å²) in [6.45, 7) is 6.38. The molecule has 0 aromatic heterocycles. The van der Waals surface area contributed by atoms with E-state index in [2.05, 4.69) is 19.2 Å². The average molecular weight is 257 g/mol. The number of nitrogens with one attached hydrogen (secondary N) is 1. The molecule has 0 aromatic rings. The van der Waals surface area contributed by atoms with E-state index in [4.69, 9.17) is 0 Å². The summed E-state index contributed by atoms with van der Waals surface area (Å²) in [4.78, 5) is 0. The predicted octanol–water partition coefficient (Wildman–Crippen LogP) is 3.84. The van der Waals surface area contributed by atoms with E-state index >= 15 is 0 Å². The van der Waals surface area contributed by atoms with Crippen LogP contribution < -0.4 is 5.32 Å². The molecular formula is C11H22F3NS. The highest BCUT2D eigenvalue weighted by atomic mass is 32.2. The van der Waals surface area contributed by atoms with E-state index in [0.717, 1.165) is 12.8 Å². The summed E-state index contributed by atoms with van der Waals surface area (Å²) in [6.07, 6.45) is -0.881. The second kappa shape index (κ2) is 6.74. The fourth-order valence-electron chi connectivity index (χ4n) is 1.64. The SMILES string of the molecule is CCC(CC)(CNC(C)CC(F)(F)F)SC. The van der Waals surface area contributed by atoms with Crippen LogP contribution in [0.4, 0.5) is 13.2 Å². The molecule has 0 bridgehead atoms. The van der Waals surface area contributed by atoms with Crippen LogP contribution in [0, 0.1) is 0 Å². The minimum absolute atomic E-state index is 0.0693. The van der Waals surface area contributed by atoms with Crippen LogP contribution in [0.3, 0.4) is 0 Å². The maximum atomic E-state index is 12.1. The molecule has 16 heavy (non-hydrogen) atoms. The summed E-state index contributed by atoms with van der Waals surface area (Å²) in [5, 5.41) is 2.99. The fourth-order valence-corrected chi connectivity index (χ4v) is 2.45. The van der Waals surface area contributed by atoms with Gasteiger partial charge in [-0.2, -0.15) is 24.9 Å². The second-order valence-electron chi connectivity index (χ2n) is 4.20. The monoisotopic (exact) mass is 257 g/mol. The van der Waals surface area contributed by atoms with Crippen LogP contribution in [-0.4, -0.2) is 29.8 Å². The lowest BCUT2D eigenvalue weighted by atomic mass is 10.0. The smallest absolute Gasteiger partial charge is 0.313 e. The van der Waals surface area contributed by atoms with Crippen LogP contribution in [0.25, 0.3) is 0 Å². The summed E-state index contributed by atoms with van der Waals surface area (Å²) in [7, 11) is 0. The molecule has 98 valence electrons. The maximum Gasteiger partial charge on any atom is 0.390 e. The van der Waals surface area contributed by atoms with Crippen LogP contribution in [0.15, 0.2) is 0 Å². The van der Waals surface area contributed by atoms with Gasteiger partial charge in [0.2, 0.25) is 0 Å². The van der Waals surface area contributed by atoms with Gasteiger partial charge in [0.15, 0.2) is 0 Å². The lowest BCUT2D eigenvalue weighted by molar-refractivity contribution is -0.139. The lowest BCUT2D eigenvalue weighted by Gasteiger charge is -2.31. The van der Waals surface area contributed by atoms with Crippen molar-refractivity contribution in [3.05, 3.63) is 0 Å². The van der Waals surface area contributed by atoms with Gasteiger partial charge in [-0.25, -0.2) is 0 Å². The van der Waals surface area contributed by atoms with Crippen molar-refractivity contribution in [3.8, 4) is 0 Å². The summed E-state index contributed by atoms with van der Waals surface area (Å²) in [5.74, 6) is 0. The Balaban J connectivity index is 4.11. The number of alkyl halides is 3. The standard InChI is InChI=1S/C11H22F3NS/c1-5-10(6-2,16-4)8-15-9(3)7-11(12,13)14/h9,15H,5-8H2,1-4H3. The van der Waals surface area contributed by atoms with Crippen LogP contribution in [0.2, 0.25) is 0 Å². The van der Waals surface area contributed by atoms with Crippen LogP contribution in [0.5, 0.6) is 0 Å². The first-order valence-corrected chi connectivity index (χ1v) is 6.86. The third-order valence-electron chi connectivity index (χ3n) is 3.03. The Bertz CT molecular complexity index is 182. The van der Waals surface area contributed by atoms with Gasteiger partial charge in [0, 0.05) is 17.3 Å². The molecule has 0 aliphatic heterocycles. The fraction of sp³-hybridized carbons (Fsp3) is 1.00. The molecule has 0 saturated heterocycles. The number of rotatable bonds is 7. The van der Waals surface area contributed by atoms with Gasteiger partial charge in [-0.15, -0.1) is 0 Å². The summed E-state index contributed by atoms with van der Waals surface area (Å²) in [5.41, 5.74) is 0. The molecule has 0 fully saturated rings. The molecule has 0 aliphatic rings. The summed E-state index contributed by atoms with van der Waals surface area (Å²) in [6, 6.07) is -0.510. The van der Waals surface area contributed by atoms with Crippen molar-refractivity contribution in [2.75, 3.05) is 12.8 Å². The second-order valence-corrected chi connectivity index (χ2v) is 5.47. The van der Waals surface area contributed by atoms with E-state index in [1.807, 2.05) is 6.26 Å². The molecule has 1 nitrogen and oxygen atoms in total. The Morgan fingerprint density at radius 3 is 2.00 bits per heavy atom. The zero-order chi connectivity index (χ0) is 12.8. The molecule has 0 radical (unpaired) electrons. The van der Waals surface area contributed by atoms with Crippen LogP contribution in [0.1, 0.15) is 40.0 Å². The van der Waals surface area contributed by atoms with Gasteiger partial charge in [0.05, 0.1) is 6.42 Å². The molecule has 1 N–H and O–H groups in total. The first-order chi connectivity index (χ1) is 7.28. The van der Waals surface area contributed by atoms with Crippen molar-refractivity contribution in [2.45, 2.75) is 57.0 Å². The van der Waals surface area contributed by atoms with Gasteiger partial charge in [-0.1, -0.05) is 13.8 Å². The normalized spacial score (nSPS) is 15.2. The first kappa shape index (κ1) is 16.1. The number of hydrogen-bond donors (Lipinski definition) is 1. The summed E-state index contributed by atoms with van der Waals surface area (Å²) >= 11 is 1.73. The third kappa shape index (κ3) is 5.99. The average Bonchev–Trinajstić information content (AvgIpc) is 2.18. The van der Waals surface area contributed by atoms with Gasteiger partial charge >= 0.3 is 6.18 Å². The molecule has 0 amide bonds. The molecule has 0 saturated carbocycles. The Labute approximate surface area is 101 Å². The largest absolute Gasteiger partial charge is 0.390 e. The van der Waals surface area contributed by atoms with Crippen molar-refractivity contribution >= 4 is 11.8 Å². The first-order valence-electron chi connectivity index (χ1n) is 5.64. The zero-order valence-electron chi connectivity index (χ0n) is 10.4. The van der Waals surface area contributed by atoms with E-state index in [1.165, 1.54) is 0 Å². The Kier molecular flexibility index (Phi) is 6.79. The topological polar surface area (TPSA) is 12.0 Å². The summed E-state index contributed by atoms with van der Waals surface area (Å²) < 4.78 is 36.4. The van der Waals surface area contributed by atoms with Crippen LogP contribution in [-0.2, 0) is 0 Å². The van der Waals surface area contributed by atoms with Crippen molar-refractivity contribution in [1.82, 2.24) is 5.32 Å². The van der Waals surface area contributed by atoms with E-state index in [-0.39, 0.29) is 4.75 Å². The molecule has 1 unspecified atom stereocenters. The Morgan fingerprint density at radius 1 is 1.19 bits per heavy atom. The minimum Gasteiger partial charge on any atom is -0.313 e. The highest BCUT2D eigenvalue weighted by Crippen LogP contribution is 2.30. The van der Waals surface area contributed by atoms with Crippen LogP contribution >= 0.6 is 11.8 Å². The van der Waals surface area contributed by atoms with Crippen molar-refractivity contribution in [3.63, 3.8) is 0 Å². The zero-order valence-corrected chi connectivity index (χ0v) is 11.3. The molecule has 5 heteroatoms. The van der Waals surface area contributed by atoms with E-state index in [0.29, 0.717) is 6.54 Å². The van der Waals surface area contributed by atoms with E-state index in [1.54, 1.807) is 18.7 Å². The lowest BCUT2D eigenvalue weighted by Crippen LogP contribution is -2.42. The number of halogens is 3. The molecule has 1 atom stereocenters. The highest BCUT2D eigenvalue weighted by Gasteiger charge is 2.31. The van der Waals surface area contributed by atoms with Crippen molar-refractivity contribution in [1.29, 1.82) is 0 Å². The molecule has 0 aromatic carbocycles.